The summed E-state index contributed by atoms with van der Waals surface area (Å²) in [5, 5.41) is 5.57. The average Bonchev–Trinajstić information content (AvgIpc) is 2.79. The van der Waals surface area contributed by atoms with Gasteiger partial charge in [-0.1, -0.05) is 6.07 Å². The quantitative estimate of drug-likeness (QED) is 0.889. The van der Waals surface area contributed by atoms with E-state index in [0.29, 0.717) is 24.4 Å². The van der Waals surface area contributed by atoms with Crippen LogP contribution in [0.4, 0.5) is 10.5 Å². The Kier molecular flexibility index (Phi) is 4.67. The van der Waals surface area contributed by atoms with Crippen molar-refractivity contribution in [3.05, 3.63) is 24.3 Å². The van der Waals surface area contributed by atoms with Gasteiger partial charge < -0.3 is 20.3 Å². The van der Waals surface area contributed by atoms with Gasteiger partial charge >= 0.3 is 6.03 Å². The predicted octanol–water partition coefficient (Wildman–Crippen LogP) is 1.83. The molecule has 1 heterocycles. The summed E-state index contributed by atoms with van der Waals surface area (Å²) in [6, 6.07) is 6.82. The smallest absolute Gasteiger partial charge is 0.319 e. The lowest BCUT2D eigenvalue weighted by molar-refractivity contribution is -0.129. The van der Waals surface area contributed by atoms with E-state index in [1.165, 1.54) is 0 Å². The third-order valence-corrected chi connectivity index (χ3v) is 3.44. The first-order valence-electron chi connectivity index (χ1n) is 7.00. The molecule has 1 atom stereocenters. The molecule has 1 aliphatic heterocycles. The Morgan fingerprint density at radius 2 is 2.19 bits per heavy atom. The molecule has 1 unspecified atom stereocenters. The van der Waals surface area contributed by atoms with Gasteiger partial charge in [0, 0.05) is 30.8 Å². The summed E-state index contributed by atoms with van der Waals surface area (Å²) in [6.07, 6.45) is 0.351. The number of rotatable bonds is 4. The number of anilines is 1. The molecule has 0 aliphatic carbocycles. The zero-order valence-electron chi connectivity index (χ0n) is 12.6. The topological polar surface area (TPSA) is 70.7 Å². The number of likely N-dealkylation sites (tertiary alicyclic amines) is 1. The molecule has 21 heavy (non-hydrogen) atoms. The minimum Gasteiger partial charge on any atom is -0.497 e. The van der Waals surface area contributed by atoms with Crippen LogP contribution in [0.15, 0.2) is 24.3 Å². The summed E-state index contributed by atoms with van der Waals surface area (Å²) in [6.45, 7) is 4.50. The molecule has 2 N–H and O–H groups in total. The molecule has 6 nitrogen and oxygen atoms in total. The third-order valence-electron chi connectivity index (χ3n) is 3.44. The van der Waals surface area contributed by atoms with Crippen molar-refractivity contribution in [2.75, 3.05) is 19.0 Å². The Hall–Kier alpha value is -2.24. The molecule has 1 aromatic rings. The fraction of sp³-hybridized carbons (Fsp3) is 0.467. The van der Waals surface area contributed by atoms with E-state index in [1.54, 1.807) is 36.3 Å². The van der Waals surface area contributed by atoms with E-state index in [0.717, 1.165) is 0 Å². The molecule has 3 amide bonds. The maximum atomic E-state index is 12.0. The molecule has 0 spiro atoms. The van der Waals surface area contributed by atoms with Crippen molar-refractivity contribution >= 4 is 17.6 Å². The highest BCUT2D eigenvalue weighted by molar-refractivity contribution is 5.90. The predicted molar refractivity (Wildman–Crippen MR) is 80.4 cm³/mol. The molecule has 0 aromatic heterocycles. The Morgan fingerprint density at radius 3 is 2.81 bits per heavy atom. The first-order valence-corrected chi connectivity index (χ1v) is 7.00. The zero-order chi connectivity index (χ0) is 15.4. The summed E-state index contributed by atoms with van der Waals surface area (Å²) in [7, 11) is 1.57. The van der Waals surface area contributed by atoms with Crippen molar-refractivity contribution in [2.45, 2.75) is 32.4 Å². The van der Waals surface area contributed by atoms with Gasteiger partial charge in [0.25, 0.3) is 0 Å². The van der Waals surface area contributed by atoms with E-state index in [1.807, 2.05) is 13.8 Å². The highest BCUT2D eigenvalue weighted by atomic mass is 16.5. The maximum absolute atomic E-state index is 12.0. The average molecular weight is 291 g/mol. The second-order valence-corrected chi connectivity index (χ2v) is 5.37. The number of amides is 3. The van der Waals surface area contributed by atoms with Gasteiger partial charge in [-0.05, 0) is 26.0 Å². The fourth-order valence-corrected chi connectivity index (χ4v) is 2.38. The monoisotopic (exact) mass is 291 g/mol. The van der Waals surface area contributed by atoms with Crippen LogP contribution < -0.4 is 15.4 Å². The van der Waals surface area contributed by atoms with Crippen molar-refractivity contribution in [3.63, 3.8) is 0 Å². The van der Waals surface area contributed by atoms with Crippen LogP contribution in [0.3, 0.4) is 0 Å². The number of carbonyl (C=O) groups excluding carboxylic acids is 2. The van der Waals surface area contributed by atoms with Gasteiger partial charge in [-0.15, -0.1) is 0 Å². The molecule has 1 saturated heterocycles. The van der Waals surface area contributed by atoms with Crippen molar-refractivity contribution < 1.29 is 14.3 Å². The summed E-state index contributed by atoms with van der Waals surface area (Å²) in [5.74, 6) is 0.756. The third kappa shape index (κ3) is 3.87. The number of hydrogen-bond acceptors (Lipinski definition) is 3. The minimum atomic E-state index is -0.313. The van der Waals surface area contributed by atoms with E-state index in [-0.39, 0.29) is 24.0 Å². The Labute approximate surface area is 124 Å². The standard InChI is InChI=1S/C15H21N3O3/c1-10(2)18-9-12(8-14(18)19)17-15(20)16-11-5-4-6-13(7-11)21-3/h4-7,10,12H,8-9H2,1-3H3,(H2,16,17,20). The second kappa shape index (κ2) is 6.47. The van der Waals surface area contributed by atoms with Crippen LogP contribution in [0.25, 0.3) is 0 Å². The SMILES string of the molecule is COc1cccc(NC(=O)NC2CC(=O)N(C(C)C)C2)c1. The maximum Gasteiger partial charge on any atom is 0.319 e. The van der Waals surface area contributed by atoms with Crippen molar-refractivity contribution in [1.29, 1.82) is 0 Å². The normalized spacial score (nSPS) is 18.0. The summed E-state index contributed by atoms with van der Waals surface area (Å²) < 4.78 is 5.10. The minimum absolute atomic E-state index is 0.0803. The van der Waals surface area contributed by atoms with Crippen LogP contribution in [0.2, 0.25) is 0 Å². The lowest BCUT2D eigenvalue weighted by Crippen LogP contribution is -2.40. The summed E-state index contributed by atoms with van der Waals surface area (Å²) >= 11 is 0. The number of nitrogens with one attached hydrogen (secondary N) is 2. The molecular formula is C15H21N3O3. The molecule has 0 saturated carbocycles. The van der Waals surface area contributed by atoms with Crippen molar-refractivity contribution in [2.24, 2.45) is 0 Å². The molecule has 1 fully saturated rings. The van der Waals surface area contributed by atoms with Crippen LogP contribution >= 0.6 is 0 Å². The van der Waals surface area contributed by atoms with E-state index < -0.39 is 0 Å². The zero-order valence-corrected chi connectivity index (χ0v) is 12.6. The summed E-state index contributed by atoms with van der Waals surface area (Å²) in [5.41, 5.74) is 0.650. The van der Waals surface area contributed by atoms with Gasteiger partial charge in [0.15, 0.2) is 0 Å². The fourth-order valence-electron chi connectivity index (χ4n) is 2.38. The van der Waals surface area contributed by atoms with Gasteiger partial charge in [-0.25, -0.2) is 4.79 Å². The Balaban J connectivity index is 1.89. The first-order chi connectivity index (χ1) is 9.99. The molecule has 1 aromatic carbocycles. The molecule has 1 aliphatic rings. The van der Waals surface area contributed by atoms with Gasteiger partial charge in [-0.3, -0.25) is 4.79 Å². The highest BCUT2D eigenvalue weighted by Crippen LogP contribution is 2.17. The van der Waals surface area contributed by atoms with E-state index in [2.05, 4.69) is 10.6 Å². The molecule has 114 valence electrons. The van der Waals surface area contributed by atoms with E-state index in [4.69, 9.17) is 4.74 Å². The lowest BCUT2D eigenvalue weighted by atomic mass is 10.2. The molecule has 6 heteroatoms. The van der Waals surface area contributed by atoms with Gasteiger partial charge in [0.1, 0.15) is 5.75 Å². The van der Waals surface area contributed by atoms with Gasteiger partial charge in [0.2, 0.25) is 5.91 Å². The lowest BCUT2D eigenvalue weighted by Gasteiger charge is -2.21. The molecule has 0 bridgehead atoms. The Morgan fingerprint density at radius 1 is 1.43 bits per heavy atom. The largest absolute Gasteiger partial charge is 0.497 e. The molecule has 0 radical (unpaired) electrons. The summed E-state index contributed by atoms with van der Waals surface area (Å²) in [4.78, 5) is 25.5. The first kappa shape index (κ1) is 15.2. The van der Waals surface area contributed by atoms with Crippen LogP contribution in [0.1, 0.15) is 20.3 Å². The van der Waals surface area contributed by atoms with Crippen LogP contribution in [0, 0.1) is 0 Å². The number of urea groups is 1. The van der Waals surface area contributed by atoms with Crippen LogP contribution in [-0.2, 0) is 4.79 Å². The van der Waals surface area contributed by atoms with E-state index >= 15 is 0 Å². The van der Waals surface area contributed by atoms with E-state index in [9.17, 15) is 9.59 Å². The number of nitrogens with zero attached hydrogens (tertiary/aromatic N) is 1. The van der Waals surface area contributed by atoms with Crippen LogP contribution in [-0.4, -0.2) is 42.6 Å². The van der Waals surface area contributed by atoms with Gasteiger partial charge in [-0.2, -0.15) is 0 Å². The number of ether oxygens (including phenoxy) is 1. The van der Waals surface area contributed by atoms with Crippen molar-refractivity contribution in [1.82, 2.24) is 10.2 Å². The number of carbonyl (C=O) groups is 2. The van der Waals surface area contributed by atoms with Crippen molar-refractivity contribution in [3.8, 4) is 5.75 Å². The van der Waals surface area contributed by atoms with Gasteiger partial charge in [0.05, 0.1) is 13.2 Å². The molecular weight excluding hydrogens is 270 g/mol. The van der Waals surface area contributed by atoms with Crippen LogP contribution in [0.5, 0.6) is 5.75 Å². The number of hydrogen-bond donors (Lipinski definition) is 2. The Bertz CT molecular complexity index is 531. The number of benzene rings is 1. The second-order valence-electron chi connectivity index (χ2n) is 5.37. The molecule has 2 rings (SSSR count). The number of methoxy groups -OCH3 is 1. The highest BCUT2D eigenvalue weighted by Gasteiger charge is 2.31.